The third-order valence-corrected chi connectivity index (χ3v) is 3.24. The van der Waals surface area contributed by atoms with Crippen LogP contribution < -0.4 is 0 Å². The summed E-state index contributed by atoms with van der Waals surface area (Å²) < 4.78 is 5.76. The first-order valence-corrected chi connectivity index (χ1v) is 6.08. The van der Waals surface area contributed by atoms with E-state index in [1.54, 1.807) is 24.1 Å². The Labute approximate surface area is 102 Å². The van der Waals surface area contributed by atoms with Gasteiger partial charge in [-0.25, -0.2) is 0 Å². The molecule has 0 aliphatic heterocycles. The smallest absolute Gasteiger partial charge is 0.246 e. The Morgan fingerprint density at radius 2 is 2.29 bits per heavy atom. The first-order chi connectivity index (χ1) is 8.11. The number of nitrogens with zero attached hydrogens (tertiary/aromatic N) is 1. The molecule has 1 saturated carbocycles. The van der Waals surface area contributed by atoms with Gasteiger partial charge in [-0.05, 0) is 37.5 Å². The Hall–Kier alpha value is -1.51. The second-order valence-corrected chi connectivity index (χ2v) is 4.82. The van der Waals surface area contributed by atoms with Crippen molar-refractivity contribution in [2.24, 2.45) is 5.92 Å². The molecule has 1 aliphatic rings. The van der Waals surface area contributed by atoms with Crippen molar-refractivity contribution in [1.82, 2.24) is 4.90 Å². The second kappa shape index (κ2) is 4.78. The fourth-order valence-corrected chi connectivity index (χ4v) is 1.98. The van der Waals surface area contributed by atoms with Crippen LogP contribution in [0.3, 0.4) is 0 Å². The molecule has 3 nitrogen and oxygen atoms in total. The van der Waals surface area contributed by atoms with Gasteiger partial charge in [0.15, 0.2) is 0 Å². The summed E-state index contributed by atoms with van der Waals surface area (Å²) in [4.78, 5) is 13.2. The van der Waals surface area contributed by atoms with Crippen molar-refractivity contribution in [2.45, 2.75) is 32.7 Å². The molecule has 1 amide bonds. The number of hydrogen-bond donors (Lipinski definition) is 0. The summed E-state index contributed by atoms with van der Waals surface area (Å²) in [5.74, 6) is 3.28. The van der Waals surface area contributed by atoms with Crippen LogP contribution in [0.2, 0.25) is 0 Å². The van der Waals surface area contributed by atoms with Gasteiger partial charge >= 0.3 is 0 Å². The molecule has 0 spiro atoms. The van der Waals surface area contributed by atoms with Crippen LogP contribution in [0.5, 0.6) is 0 Å². The minimum atomic E-state index is 0.00485. The lowest BCUT2D eigenvalue weighted by atomic mass is 10.3. The van der Waals surface area contributed by atoms with Gasteiger partial charge in [0.1, 0.15) is 11.5 Å². The van der Waals surface area contributed by atoms with Crippen molar-refractivity contribution in [3.8, 4) is 0 Å². The minimum absolute atomic E-state index is 0.00485. The molecule has 2 atom stereocenters. The summed E-state index contributed by atoms with van der Waals surface area (Å²) in [6.07, 6.45) is 4.53. The van der Waals surface area contributed by atoms with Crippen molar-refractivity contribution in [3.63, 3.8) is 0 Å². The monoisotopic (exact) mass is 233 g/mol. The lowest BCUT2D eigenvalue weighted by Gasteiger charge is -2.12. The Morgan fingerprint density at radius 3 is 2.88 bits per heavy atom. The number of carbonyl (C=O) groups is 1. The fourth-order valence-electron chi connectivity index (χ4n) is 1.98. The standard InChI is InChI=1S/C14H19NO2/c1-4-5-14(16)15(3)9-11-6-7-13(17-11)12-8-10(12)2/h4-7,10,12H,8-9H2,1-3H3. The molecule has 3 heteroatoms. The molecule has 0 N–H and O–H groups in total. The van der Waals surface area contributed by atoms with Gasteiger partial charge in [0, 0.05) is 13.0 Å². The molecule has 0 aromatic carbocycles. The van der Waals surface area contributed by atoms with Crippen molar-refractivity contribution in [2.75, 3.05) is 7.05 Å². The van der Waals surface area contributed by atoms with E-state index in [2.05, 4.69) is 6.92 Å². The average molecular weight is 233 g/mol. The van der Waals surface area contributed by atoms with Gasteiger partial charge in [-0.1, -0.05) is 13.0 Å². The summed E-state index contributed by atoms with van der Waals surface area (Å²) >= 11 is 0. The maximum Gasteiger partial charge on any atom is 0.246 e. The van der Waals surface area contributed by atoms with E-state index in [4.69, 9.17) is 4.42 Å². The van der Waals surface area contributed by atoms with Gasteiger partial charge in [0.2, 0.25) is 5.91 Å². The van der Waals surface area contributed by atoms with Gasteiger partial charge in [-0.2, -0.15) is 0 Å². The molecular weight excluding hydrogens is 214 g/mol. The van der Waals surface area contributed by atoms with Crippen LogP contribution in [0.4, 0.5) is 0 Å². The average Bonchev–Trinajstić information content (AvgIpc) is 2.84. The lowest BCUT2D eigenvalue weighted by molar-refractivity contribution is -0.125. The Bertz CT molecular complexity index is 433. The normalized spacial score (nSPS) is 23.0. The summed E-state index contributed by atoms with van der Waals surface area (Å²) in [5, 5.41) is 0. The molecule has 17 heavy (non-hydrogen) atoms. The summed E-state index contributed by atoms with van der Waals surface area (Å²) in [6, 6.07) is 4.01. The van der Waals surface area contributed by atoms with E-state index in [-0.39, 0.29) is 5.91 Å². The Balaban J connectivity index is 1.94. The maximum absolute atomic E-state index is 11.5. The molecule has 0 radical (unpaired) electrons. The zero-order valence-corrected chi connectivity index (χ0v) is 10.6. The van der Waals surface area contributed by atoms with E-state index >= 15 is 0 Å². The largest absolute Gasteiger partial charge is 0.464 e. The van der Waals surface area contributed by atoms with Crippen LogP contribution in [-0.2, 0) is 11.3 Å². The van der Waals surface area contributed by atoms with Gasteiger partial charge in [0.25, 0.3) is 0 Å². The van der Waals surface area contributed by atoms with Crippen LogP contribution in [0.25, 0.3) is 0 Å². The van der Waals surface area contributed by atoms with E-state index in [0.29, 0.717) is 12.5 Å². The zero-order chi connectivity index (χ0) is 12.4. The number of carbonyl (C=O) groups excluding carboxylic acids is 1. The molecule has 1 aromatic heterocycles. The highest BCUT2D eigenvalue weighted by atomic mass is 16.3. The first-order valence-electron chi connectivity index (χ1n) is 6.08. The molecule has 1 fully saturated rings. The molecule has 0 saturated heterocycles. The number of furan rings is 1. The topological polar surface area (TPSA) is 33.5 Å². The summed E-state index contributed by atoms with van der Waals surface area (Å²) in [6.45, 7) is 4.60. The molecule has 92 valence electrons. The highest BCUT2D eigenvalue weighted by molar-refractivity contribution is 5.87. The van der Waals surface area contributed by atoms with E-state index in [9.17, 15) is 4.79 Å². The lowest BCUT2D eigenvalue weighted by Crippen LogP contribution is -2.23. The van der Waals surface area contributed by atoms with Crippen LogP contribution in [0.15, 0.2) is 28.7 Å². The minimum Gasteiger partial charge on any atom is -0.464 e. The second-order valence-electron chi connectivity index (χ2n) is 4.82. The zero-order valence-electron chi connectivity index (χ0n) is 10.6. The highest BCUT2D eigenvalue weighted by Crippen LogP contribution is 2.47. The van der Waals surface area contributed by atoms with E-state index in [1.807, 2.05) is 19.1 Å². The number of amides is 1. The van der Waals surface area contributed by atoms with Gasteiger partial charge in [-0.3, -0.25) is 4.79 Å². The van der Waals surface area contributed by atoms with Gasteiger partial charge in [-0.15, -0.1) is 0 Å². The summed E-state index contributed by atoms with van der Waals surface area (Å²) in [5.41, 5.74) is 0. The van der Waals surface area contributed by atoms with Crippen molar-refractivity contribution >= 4 is 5.91 Å². The Kier molecular flexibility index (Phi) is 3.36. The number of rotatable bonds is 4. The highest BCUT2D eigenvalue weighted by Gasteiger charge is 2.36. The van der Waals surface area contributed by atoms with Crippen molar-refractivity contribution in [3.05, 3.63) is 35.8 Å². The predicted molar refractivity (Wildman–Crippen MR) is 66.5 cm³/mol. The number of likely N-dealkylation sites (N-methyl/N-ethyl adjacent to an activating group) is 1. The molecule has 1 heterocycles. The third kappa shape index (κ3) is 2.78. The molecule has 0 bridgehead atoms. The quantitative estimate of drug-likeness (QED) is 0.749. The number of hydrogen-bond acceptors (Lipinski definition) is 2. The predicted octanol–water partition coefficient (Wildman–Crippen LogP) is 2.94. The van der Waals surface area contributed by atoms with Crippen molar-refractivity contribution < 1.29 is 9.21 Å². The molecular formula is C14H19NO2. The van der Waals surface area contributed by atoms with Crippen LogP contribution >= 0.6 is 0 Å². The van der Waals surface area contributed by atoms with E-state index < -0.39 is 0 Å². The Morgan fingerprint density at radius 1 is 1.59 bits per heavy atom. The van der Waals surface area contributed by atoms with Gasteiger partial charge < -0.3 is 9.32 Å². The van der Waals surface area contributed by atoms with Crippen LogP contribution in [0.1, 0.15) is 37.7 Å². The first kappa shape index (κ1) is 12.0. The van der Waals surface area contributed by atoms with Crippen LogP contribution in [0, 0.1) is 5.92 Å². The SMILES string of the molecule is CC=CC(=O)N(C)Cc1ccc(C2CC2C)o1. The maximum atomic E-state index is 11.5. The van der Waals surface area contributed by atoms with E-state index in [0.717, 1.165) is 17.4 Å². The molecule has 2 rings (SSSR count). The molecule has 1 aromatic rings. The fraction of sp³-hybridized carbons (Fsp3) is 0.500. The van der Waals surface area contributed by atoms with Gasteiger partial charge in [0.05, 0.1) is 6.54 Å². The number of allylic oxidation sites excluding steroid dienone is 1. The van der Waals surface area contributed by atoms with Crippen molar-refractivity contribution in [1.29, 1.82) is 0 Å². The molecule has 1 aliphatic carbocycles. The molecule has 2 unspecified atom stereocenters. The summed E-state index contributed by atoms with van der Waals surface area (Å²) in [7, 11) is 1.78. The third-order valence-electron chi connectivity index (χ3n) is 3.24. The van der Waals surface area contributed by atoms with Crippen LogP contribution in [-0.4, -0.2) is 17.9 Å². The van der Waals surface area contributed by atoms with E-state index in [1.165, 1.54) is 6.42 Å².